The van der Waals surface area contributed by atoms with Gasteiger partial charge in [-0.05, 0) is 71.8 Å². The monoisotopic (exact) mass is 442 g/mol. The molecule has 1 atom stereocenters. The van der Waals surface area contributed by atoms with E-state index in [0.29, 0.717) is 29.2 Å². The fourth-order valence-corrected chi connectivity index (χ4v) is 3.64. The van der Waals surface area contributed by atoms with Crippen LogP contribution in [0.3, 0.4) is 0 Å². The highest BCUT2D eigenvalue weighted by atomic mass is 16.5. The minimum Gasteiger partial charge on any atom is -0.484 e. The van der Waals surface area contributed by atoms with Crippen LogP contribution in [0.25, 0.3) is 22.6 Å². The molecule has 0 unspecified atom stereocenters. The first-order valence-corrected chi connectivity index (χ1v) is 11.5. The smallest absolute Gasteiger partial charge is 0.262 e. The van der Waals surface area contributed by atoms with Crippen molar-refractivity contribution in [3.8, 4) is 17.2 Å². The molecule has 0 bridgehead atoms. The number of carbonyl (C=O) groups excluding carboxylic acids is 1. The van der Waals surface area contributed by atoms with Crippen molar-refractivity contribution in [2.75, 3.05) is 11.9 Å². The Hall–Kier alpha value is -3.60. The molecule has 0 saturated heterocycles. The van der Waals surface area contributed by atoms with Crippen molar-refractivity contribution in [1.82, 2.24) is 4.98 Å². The molecule has 0 spiro atoms. The van der Waals surface area contributed by atoms with Crippen LogP contribution in [-0.2, 0) is 4.79 Å². The van der Waals surface area contributed by atoms with Gasteiger partial charge in [0.1, 0.15) is 11.3 Å². The van der Waals surface area contributed by atoms with E-state index in [1.807, 2.05) is 54.6 Å². The van der Waals surface area contributed by atoms with Gasteiger partial charge in [-0.3, -0.25) is 4.79 Å². The molecule has 0 aliphatic rings. The molecule has 1 aromatic heterocycles. The normalized spacial score (nSPS) is 12.2. The van der Waals surface area contributed by atoms with Gasteiger partial charge >= 0.3 is 0 Å². The van der Waals surface area contributed by atoms with Crippen molar-refractivity contribution >= 4 is 22.7 Å². The number of aromatic nitrogens is 1. The van der Waals surface area contributed by atoms with Crippen LogP contribution in [0.2, 0.25) is 0 Å². The summed E-state index contributed by atoms with van der Waals surface area (Å²) >= 11 is 0. The molecule has 0 aliphatic carbocycles. The first-order valence-electron chi connectivity index (χ1n) is 11.5. The predicted octanol–water partition coefficient (Wildman–Crippen LogP) is 7.15. The Morgan fingerprint density at radius 2 is 1.76 bits per heavy atom. The van der Waals surface area contributed by atoms with E-state index in [-0.39, 0.29) is 12.5 Å². The summed E-state index contributed by atoms with van der Waals surface area (Å²) in [6, 6.07) is 21.5. The van der Waals surface area contributed by atoms with E-state index >= 15 is 0 Å². The molecule has 33 heavy (non-hydrogen) atoms. The summed E-state index contributed by atoms with van der Waals surface area (Å²) in [5.41, 5.74) is 5.55. The molecule has 3 aromatic carbocycles. The third-order valence-corrected chi connectivity index (χ3v) is 5.90. The van der Waals surface area contributed by atoms with Crippen molar-refractivity contribution in [3.63, 3.8) is 0 Å². The number of ether oxygens (including phenoxy) is 1. The minimum atomic E-state index is -0.226. The van der Waals surface area contributed by atoms with Crippen molar-refractivity contribution in [1.29, 1.82) is 0 Å². The SMILES string of the molecule is CC[C@H](C)c1ccc2oc(-c3cccc(NC(=O)COc4ccc(C(C)C)cc4)c3)nc2c1. The number of nitrogens with zero attached hydrogens (tertiary/aromatic N) is 1. The van der Waals surface area contributed by atoms with Gasteiger partial charge < -0.3 is 14.5 Å². The highest BCUT2D eigenvalue weighted by Crippen LogP contribution is 2.29. The van der Waals surface area contributed by atoms with E-state index in [2.05, 4.69) is 50.1 Å². The first kappa shape index (κ1) is 22.6. The van der Waals surface area contributed by atoms with Crippen LogP contribution in [0.4, 0.5) is 5.69 Å². The Labute approximate surface area is 194 Å². The Balaban J connectivity index is 1.42. The highest BCUT2D eigenvalue weighted by Gasteiger charge is 2.12. The number of fused-ring (bicyclic) bond motifs is 1. The lowest BCUT2D eigenvalue weighted by atomic mass is 9.98. The molecule has 1 N–H and O–H groups in total. The van der Waals surface area contributed by atoms with E-state index in [0.717, 1.165) is 23.1 Å². The lowest BCUT2D eigenvalue weighted by Crippen LogP contribution is -2.20. The molecule has 5 heteroatoms. The lowest BCUT2D eigenvalue weighted by molar-refractivity contribution is -0.118. The van der Waals surface area contributed by atoms with Gasteiger partial charge in [0, 0.05) is 11.3 Å². The van der Waals surface area contributed by atoms with Crippen LogP contribution < -0.4 is 10.1 Å². The zero-order valence-corrected chi connectivity index (χ0v) is 19.6. The fourth-order valence-electron chi connectivity index (χ4n) is 3.64. The Bertz CT molecular complexity index is 1240. The summed E-state index contributed by atoms with van der Waals surface area (Å²) < 4.78 is 11.6. The molecule has 0 radical (unpaired) electrons. The third kappa shape index (κ3) is 5.43. The number of benzene rings is 3. The van der Waals surface area contributed by atoms with E-state index in [9.17, 15) is 4.79 Å². The van der Waals surface area contributed by atoms with Gasteiger partial charge in [0.25, 0.3) is 5.91 Å². The summed E-state index contributed by atoms with van der Waals surface area (Å²) in [6.07, 6.45) is 1.07. The molecule has 4 rings (SSSR count). The maximum atomic E-state index is 12.4. The van der Waals surface area contributed by atoms with Gasteiger partial charge in [-0.25, -0.2) is 4.98 Å². The fraction of sp³-hybridized carbons (Fsp3) is 0.286. The number of oxazole rings is 1. The minimum absolute atomic E-state index is 0.0630. The lowest BCUT2D eigenvalue weighted by Gasteiger charge is -2.10. The van der Waals surface area contributed by atoms with Crippen LogP contribution >= 0.6 is 0 Å². The summed E-state index contributed by atoms with van der Waals surface area (Å²) in [7, 11) is 0. The number of nitrogens with one attached hydrogen (secondary N) is 1. The number of amides is 1. The second-order valence-corrected chi connectivity index (χ2v) is 8.70. The molecule has 0 saturated carbocycles. The standard InChI is InChI=1S/C28H30N2O3/c1-5-19(4)21-11-14-26-25(16-21)30-28(33-26)22-7-6-8-23(15-22)29-27(31)17-32-24-12-9-20(10-13-24)18(2)3/h6-16,18-19H,5,17H2,1-4H3,(H,29,31)/t19-/m0/s1. The zero-order chi connectivity index (χ0) is 23.4. The second kappa shape index (κ2) is 9.90. The number of hydrogen-bond donors (Lipinski definition) is 1. The molecular weight excluding hydrogens is 412 g/mol. The summed E-state index contributed by atoms with van der Waals surface area (Å²) in [5, 5.41) is 2.88. The maximum absolute atomic E-state index is 12.4. The van der Waals surface area contributed by atoms with Gasteiger partial charge in [-0.1, -0.05) is 52.0 Å². The number of anilines is 1. The molecule has 170 valence electrons. The molecule has 4 aromatic rings. The molecule has 1 amide bonds. The second-order valence-electron chi connectivity index (χ2n) is 8.70. The van der Waals surface area contributed by atoms with Crippen LogP contribution in [0, 0.1) is 0 Å². The van der Waals surface area contributed by atoms with Crippen LogP contribution in [0.15, 0.2) is 71.1 Å². The van der Waals surface area contributed by atoms with Crippen molar-refractivity contribution in [2.45, 2.75) is 46.0 Å². The van der Waals surface area contributed by atoms with Gasteiger partial charge in [0.2, 0.25) is 5.89 Å². The van der Waals surface area contributed by atoms with E-state index < -0.39 is 0 Å². The quantitative estimate of drug-likeness (QED) is 0.315. The predicted molar refractivity (Wildman–Crippen MR) is 133 cm³/mol. The van der Waals surface area contributed by atoms with Crippen molar-refractivity contribution in [3.05, 3.63) is 77.9 Å². The van der Waals surface area contributed by atoms with Gasteiger partial charge in [0.15, 0.2) is 12.2 Å². The van der Waals surface area contributed by atoms with Crippen molar-refractivity contribution in [2.24, 2.45) is 0 Å². The van der Waals surface area contributed by atoms with Crippen molar-refractivity contribution < 1.29 is 13.9 Å². The van der Waals surface area contributed by atoms with Crippen LogP contribution in [0.5, 0.6) is 5.75 Å². The number of hydrogen-bond acceptors (Lipinski definition) is 4. The summed E-state index contributed by atoms with van der Waals surface area (Å²) in [5.74, 6) is 1.91. The summed E-state index contributed by atoms with van der Waals surface area (Å²) in [6.45, 7) is 8.60. The average Bonchev–Trinajstić information content (AvgIpc) is 3.26. The molecule has 5 nitrogen and oxygen atoms in total. The Kier molecular flexibility index (Phi) is 6.78. The third-order valence-electron chi connectivity index (χ3n) is 5.90. The van der Waals surface area contributed by atoms with Gasteiger partial charge in [-0.15, -0.1) is 0 Å². The van der Waals surface area contributed by atoms with Crippen LogP contribution in [0.1, 0.15) is 57.1 Å². The number of rotatable bonds is 8. The van der Waals surface area contributed by atoms with E-state index in [1.54, 1.807) is 0 Å². The maximum Gasteiger partial charge on any atom is 0.262 e. The molecular formula is C28H30N2O3. The largest absolute Gasteiger partial charge is 0.484 e. The number of carbonyl (C=O) groups is 1. The molecule has 0 fully saturated rings. The Morgan fingerprint density at radius 3 is 2.48 bits per heavy atom. The van der Waals surface area contributed by atoms with Gasteiger partial charge in [-0.2, -0.15) is 0 Å². The van der Waals surface area contributed by atoms with Gasteiger partial charge in [0.05, 0.1) is 0 Å². The van der Waals surface area contributed by atoms with Crippen LogP contribution in [-0.4, -0.2) is 17.5 Å². The average molecular weight is 443 g/mol. The zero-order valence-electron chi connectivity index (χ0n) is 19.6. The molecule has 0 aliphatic heterocycles. The highest BCUT2D eigenvalue weighted by molar-refractivity contribution is 5.92. The van der Waals surface area contributed by atoms with E-state index in [4.69, 9.17) is 9.15 Å². The Morgan fingerprint density at radius 1 is 1.00 bits per heavy atom. The summed E-state index contributed by atoms with van der Waals surface area (Å²) in [4.78, 5) is 17.1. The molecule has 1 heterocycles. The topological polar surface area (TPSA) is 64.4 Å². The first-order chi connectivity index (χ1) is 15.9. The van der Waals surface area contributed by atoms with E-state index in [1.165, 1.54) is 11.1 Å².